The molecule has 0 radical (unpaired) electrons. The molecule has 1 aromatic heterocycles. The van der Waals surface area contributed by atoms with Crippen molar-refractivity contribution in [1.82, 2.24) is 10.3 Å². The molecule has 2 aromatic rings. The molecule has 0 saturated carbocycles. The number of ether oxygens (including phenoxy) is 1. The van der Waals surface area contributed by atoms with E-state index in [1.54, 1.807) is 42.6 Å². The summed E-state index contributed by atoms with van der Waals surface area (Å²) >= 11 is 11.2. The average Bonchev–Trinajstić information content (AvgIpc) is 2.73. The van der Waals surface area contributed by atoms with Gasteiger partial charge in [-0.15, -0.1) is 0 Å². The molecule has 2 aliphatic heterocycles. The van der Waals surface area contributed by atoms with Crippen molar-refractivity contribution in [1.29, 1.82) is 0 Å². The third kappa shape index (κ3) is 4.00. The highest BCUT2D eigenvalue weighted by Crippen LogP contribution is 2.26. The van der Waals surface area contributed by atoms with Crippen molar-refractivity contribution in [2.45, 2.75) is 0 Å². The third-order valence-corrected chi connectivity index (χ3v) is 5.15. The smallest absolute Gasteiger partial charge is 0.270 e. The van der Waals surface area contributed by atoms with Crippen LogP contribution < -0.4 is 15.1 Å². The van der Waals surface area contributed by atoms with Crippen molar-refractivity contribution >= 4 is 58.3 Å². The van der Waals surface area contributed by atoms with Gasteiger partial charge in [-0.3, -0.25) is 19.8 Å². The lowest BCUT2D eigenvalue weighted by atomic mass is 10.1. The highest BCUT2D eigenvalue weighted by molar-refractivity contribution is 7.80. The van der Waals surface area contributed by atoms with Crippen LogP contribution in [-0.4, -0.2) is 48.2 Å². The van der Waals surface area contributed by atoms with Gasteiger partial charge < -0.3 is 9.64 Å². The van der Waals surface area contributed by atoms with Gasteiger partial charge in [0.1, 0.15) is 11.4 Å². The van der Waals surface area contributed by atoms with Crippen molar-refractivity contribution in [3.63, 3.8) is 0 Å². The molecule has 2 fully saturated rings. The number of halogens is 1. The summed E-state index contributed by atoms with van der Waals surface area (Å²) in [6, 6.07) is 10.2. The summed E-state index contributed by atoms with van der Waals surface area (Å²) in [5, 5.41) is 3.15. The molecule has 9 heteroatoms. The number of benzene rings is 1. The largest absolute Gasteiger partial charge is 0.378 e. The summed E-state index contributed by atoms with van der Waals surface area (Å²) < 4.78 is 5.39. The lowest BCUT2D eigenvalue weighted by Gasteiger charge is -2.30. The number of amides is 2. The monoisotopic (exact) mass is 428 g/mol. The minimum atomic E-state index is -0.540. The zero-order valence-corrected chi connectivity index (χ0v) is 16.9. The molecule has 0 bridgehead atoms. The van der Waals surface area contributed by atoms with E-state index >= 15 is 0 Å². The zero-order valence-electron chi connectivity index (χ0n) is 15.3. The Morgan fingerprint density at radius 3 is 2.59 bits per heavy atom. The summed E-state index contributed by atoms with van der Waals surface area (Å²) in [6.07, 6.45) is 3.24. The van der Waals surface area contributed by atoms with Crippen molar-refractivity contribution in [2.75, 3.05) is 36.1 Å². The van der Waals surface area contributed by atoms with E-state index in [1.807, 2.05) is 6.07 Å². The number of morpholine rings is 1. The highest BCUT2D eigenvalue weighted by Gasteiger charge is 2.34. The predicted octanol–water partition coefficient (Wildman–Crippen LogP) is 2.40. The van der Waals surface area contributed by atoms with Crippen LogP contribution in [0.5, 0.6) is 0 Å². The van der Waals surface area contributed by atoms with Gasteiger partial charge in [0.15, 0.2) is 5.11 Å². The molecular weight excluding hydrogens is 412 g/mol. The third-order valence-electron chi connectivity index (χ3n) is 4.61. The van der Waals surface area contributed by atoms with Crippen LogP contribution in [0.1, 0.15) is 5.56 Å². The van der Waals surface area contributed by atoms with Gasteiger partial charge in [-0.25, -0.2) is 4.98 Å². The molecule has 0 spiro atoms. The van der Waals surface area contributed by atoms with E-state index in [2.05, 4.69) is 15.2 Å². The number of aromatic nitrogens is 1. The van der Waals surface area contributed by atoms with Crippen LogP contribution in [-0.2, 0) is 14.3 Å². The molecule has 29 heavy (non-hydrogen) atoms. The second kappa shape index (κ2) is 8.28. The van der Waals surface area contributed by atoms with Gasteiger partial charge in [0.05, 0.1) is 18.9 Å². The quantitative estimate of drug-likeness (QED) is 0.459. The van der Waals surface area contributed by atoms with Crippen molar-refractivity contribution in [3.05, 3.63) is 58.8 Å². The molecular formula is C20H17ClN4O3S. The molecule has 0 unspecified atom stereocenters. The summed E-state index contributed by atoms with van der Waals surface area (Å²) in [5.74, 6) is -0.338. The van der Waals surface area contributed by atoms with Gasteiger partial charge in [0.2, 0.25) is 0 Å². The Kier molecular flexibility index (Phi) is 5.57. The van der Waals surface area contributed by atoms with Crippen LogP contribution in [0.3, 0.4) is 0 Å². The lowest BCUT2D eigenvalue weighted by molar-refractivity contribution is -0.122. The van der Waals surface area contributed by atoms with Gasteiger partial charge >= 0.3 is 0 Å². The first kappa shape index (κ1) is 19.5. The molecule has 2 aliphatic rings. The molecule has 148 valence electrons. The number of anilines is 2. The molecule has 2 amide bonds. The minimum Gasteiger partial charge on any atom is -0.378 e. The number of nitrogens with one attached hydrogen (secondary N) is 1. The fraction of sp³-hybridized carbons (Fsp3) is 0.200. The normalized spacial score (nSPS) is 18.9. The van der Waals surface area contributed by atoms with Crippen LogP contribution in [0.15, 0.2) is 48.2 Å². The van der Waals surface area contributed by atoms with Gasteiger partial charge in [-0.2, -0.15) is 0 Å². The van der Waals surface area contributed by atoms with Crippen molar-refractivity contribution in [2.24, 2.45) is 0 Å². The molecule has 4 rings (SSSR count). The van der Waals surface area contributed by atoms with E-state index in [0.717, 1.165) is 0 Å². The summed E-state index contributed by atoms with van der Waals surface area (Å²) in [7, 11) is 0. The maximum atomic E-state index is 13.1. The summed E-state index contributed by atoms with van der Waals surface area (Å²) in [6.45, 7) is 2.58. The fourth-order valence-electron chi connectivity index (χ4n) is 3.20. The summed E-state index contributed by atoms with van der Waals surface area (Å²) in [5.41, 5.74) is 1.18. The lowest BCUT2D eigenvalue weighted by Crippen LogP contribution is -2.54. The van der Waals surface area contributed by atoms with Gasteiger partial charge in [-0.05, 0) is 54.7 Å². The number of hydrogen-bond acceptors (Lipinski definition) is 6. The van der Waals surface area contributed by atoms with Crippen molar-refractivity contribution < 1.29 is 14.3 Å². The zero-order chi connectivity index (χ0) is 20.4. The first-order valence-corrected chi connectivity index (χ1v) is 9.78. The Morgan fingerprint density at radius 2 is 1.86 bits per heavy atom. The van der Waals surface area contributed by atoms with Crippen LogP contribution in [0.4, 0.5) is 11.5 Å². The number of thiocarbonyl (C=S) groups is 1. The fourth-order valence-corrected chi connectivity index (χ4v) is 3.61. The topological polar surface area (TPSA) is 74.8 Å². The predicted molar refractivity (Wildman–Crippen MR) is 115 cm³/mol. The molecule has 1 aromatic carbocycles. The van der Waals surface area contributed by atoms with Gasteiger partial charge in [0, 0.05) is 29.9 Å². The molecule has 7 nitrogen and oxygen atoms in total. The van der Waals surface area contributed by atoms with E-state index in [-0.39, 0.29) is 10.7 Å². The Morgan fingerprint density at radius 1 is 1.14 bits per heavy atom. The maximum absolute atomic E-state index is 13.1. The Labute approximate surface area is 177 Å². The Balaban J connectivity index is 1.71. The highest BCUT2D eigenvalue weighted by atomic mass is 35.5. The number of nitrogens with zero attached hydrogens (tertiary/aromatic N) is 3. The van der Waals surface area contributed by atoms with E-state index in [4.69, 9.17) is 28.6 Å². The van der Waals surface area contributed by atoms with E-state index in [1.165, 1.54) is 4.90 Å². The van der Waals surface area contributed by atoms with E-state index in [0.29, 0.717) is 48.4 Å². The van der Waals surface area contributed by atoms with Gasteiger partial charge in [-0.1, -0.05) is 11.6 Å². The number of pyridine rings is 1. The molecule has 0 atom stereocenters. The molecule has 1 N–H and O–H groups in total. The summed E-state index contributed by atoms with van der Waals surface area (Å²) in [4.78, 5) is 33.5. The van der Waals surface area contributed by atoms with Crippen molar-refractivity contribution in [3.8, 4) is 0 Å². The van der Waals surface area contributed by atoms with Crippen LogP contribution in [0.25, 0.3) is 6.08 Å². The standard InChI is InChI=1S/C20H17ClN4O3S/c21-14-3-5-15(6-4-14)25-19(27)16(18(26)23-20(25)29)12-13-2-1-7-22-17(13)24-8-10-28-11-9-24/h1-7,12H,8-11H2,(H,23,26,29)/b16-12-. The van der Waals surface area contributed by atoms with Crippen LogP contribution in [0, 0.1) is 0 Å². The first-order valence-electron chi connectivity index (χ1n) is 8.99. The van der Waals surface area contributed by atoms with E-state index in [9.17, 15) is 9.59 Å². The molecule has 0 aliphatic carbocycles. The van der Waals surface area contributed by atoms with Gasteiger partial charge in [0.25, 0.3) is 11.8 Å². The number of hydrogen-bond donors (Lipinski definition) is 1. The first-order chi connectivity index (χ1) is 14.0. The number of carbonyl (C=O) groups excluding carboxylic acids is 2. The molecule has 3 heterocycles. The minimum absolute atomic E-state index is 0.0175. The Bertz CT molecular complexity index is 1000. The van der Waals surface area contributed by atoms with Crippen LogP contribution in [0.2, 0.25) is 5.02 Å². The maximum Gasteiger partial charge on any atom is 0.270 e. The SMILES string of the molecule is O=C1NC(=S)N(c2ccc(Cl)cc2)C(=O)/C1=C\c1cccnc1N1CCOCC1. The molecule has 2 saturated heterocycles. The number of rotatable bonds is 3. The Hall–Kier alpha value is -2.81. The second-order valence-corrected chi connectivity index (χ2v) is 7.27. The second-order valence-electron chi connectivity index (χ2n) is 6.45. The average molecular weight is 429 g/mol. The van der Waals surface area contributed by atoms with Crippen LogP contribution >= 0.6 is 23.8 Å². The van der Waals surface area contributed by atoms with E-state index < -0.39 is 11.8 Å². The number of carbonyl (C=O) groups is 2.